The van der Waals surface area contributed by atoms with E-state index in [4.69, 9.17) is 9.47 Å². The van der Waals surface area contributed by atoms with Crippen LogP contribution in [0.25, 0.3) is 0 Å². The third-order valence-electron chi connectivity index (χ3n) is 3.49. The van der Waals surface area contributed by atoms with Crippen LogP contribution in [-0.4, -0.2) is 20.3 Å². The molecule has 2 aromatic rings. The van der Waals surface area contributed by atoms with Crippen molar-refractivity contribution in [2.45, 2.75) is 6.04 Å². The van der Waals surface area contributed by atoms with Crippen molar-refractivity contribution in [2.24, 2.45) is 0 Å². The second-order valence-electron chi connectivity index (χ2n) is 4.74. The van der Waals surface area contributed by atoms with E-state index in [9.17, 15) is 8.78 Å². The molecule has 0 aliphatic carbocycles. The summed E-state index contributed by atoms with van der Waals surface area (Å²) in [7, 11) is 1.69. The predicted molar refractivity (Wildman–Crippen MR) is 74.7 cm³/mol. The van der Waals surface area contributed by atoms with E-state index in [0.717, 1.165) is 11.6 Å². The number of fused-ring (bicyclic) bond motifs is 1. The summed E-state index contributed by atoms with van der Waals surface area (Å²) in [5.74, 6) is -0.525. The lowest BCUT2D eigenvalue weighted by Crippen LogP contribution is -2.23. The third kappa shape index (κ3) is 2.45. The smallest absolute Gasteiger partial charge is 0.166 e. The molecule has 1 aliphatic heterocycles. The van der Waals surface area contributed by atoms with Crippen LogP contribution in [0, 0.1) is 11.6 Å². The normalized spacial score (nSPS) is 14.8. The Kier molecular flexibility index (Phi) is 3.75. The maximum atomic E-state index is 14.1. The maximum Gasteiger partial charge on any atom is 0.166 e. The van der Waals surface area contributed by atoms with Gasteiger partial charge in [-0.2, -0.15) is 0 Å². The van der Waals surface area contributed by atoms with E-state index in [-0.39, 0.29) is 5.56 Å². The van der Waals surface area contributed by atoms with Crippen molar-refractivity contribution in [3.63, 3.8) is 0 Å². The fraction of sp³-hybridized carbons (Fsp3) is 0.250. The van der Waals surface area contributed by atoms with Crippen LogP contribution in [0.2, 0.25) is 0 Å². The molecule has 1 N–H and O–H groups in total. The quantitative estimate of drug-likeness (QED) is 0.943. The van der Waals surface area contributed by atoms with Gasteiger partial charge in [-0.15, -0.1) is 0 Å². The summed E-state index contributed by atoms with van der Waals surface area (Å²) in [5.41, 5.74) is 0.958. The van der Waals surface area contributed by atoms with Gasteiger partial charge in [0.15, 0.2) is 23.1 Å². The second kappa shape index (κ2) is 5.69. The minimum atomic E-state index is -0.866. The van der Waals surface area contributed by atoms with Gasteiger partial charge in [-0.3, -0.25) is 0 Å². The number of rotatable bonds is 3. The molecule has 3 nitrogen and oxygen atoms in total. The van der Waals surface area contributed by atoms with Crippen LogP contribution in [-0.2, 0) is 0 Å². The van der Waals surface area contributed by atoms with E-state index in [1.807, 2.05) is 12.1 Å². The van der Waals surface area contributed by atoms with Gasteiger partial charge in [0, 0.05) is 11.1 Å². The number of para-hydroxylation sites is 1. The van der Waals surface area contributed by atoms with Gasteiger partial charge in [-0.25, -0.2) is 8.78 Å². The van der Waals surface area contributed by atoms with Crippen LogP contribution in [0.3, 0.4) is 0 Å². The van der Waals surface area contributed by atoms with Crippen molar-refractivity contribution < 1.29 is 18.3 Å². The SMILES string of the molecule is CNC(c1cccc(F)c1F)c1cccc2c1OCCO2. The van der Waals surface area contributed by atoms with Crippen molar-refractivity contribution in [2.75, 3.05) is 20.3 Å². The first-order valence-corrected chi connectivity index (χ1v) is 6.72. The summed E-state index contributed by atoms with van der Waals surface area (Å²) >= 11 is 0. The Hall–Kier alpha value is -2.14. The Morgan fingerprint density at radius 3 is 2.52 bits per heavy atom. The first-order chi connectivity index (χ1) is 10.2. The Bertz CT molecular complexity index is 661. The molecule has 0 fully saturated rings. The summed E-state index contributed by atoms with van der Waals surface area (Å²) < 4.78 is 38.7. The van der Waals surface area contributed by atoms with Crippen LogP contribution < -0.4 is 14.8 Å². The molecule has 3 rings (SSSR count). The molecule has 110 valence electrons. The van der Waals surface area contributed by atoms with E-state index in [1.165, 1.54) is 6.07 Å². The molecule has 0 saturated carbocycles. The van der Waals surface area contributed by atoms with Crippen molar-refractivity contribution in [1.29, 1.82) is 0 Å². The molecule has 21 heavy (non-hydrogen) atoms. The second-order valence-corrected chi connectivity index (χ2v) is 4.74. The average Bonchev–Trinajstić information content (AvgIpc) is 2.52. The zero-order chi connectivity index (χ0) is 14.8. The van der Waals surface area contributed by atoms with Gasteiger partial charge in [-0.05, 0) is 19.2 Å². The van der Waals surface area contributed by atoms with E-state index in [2.05, 4.69) is 5.32 Å². The lowest BCUT2D eigenvalue weighted by atomic mass is 9.96. The van der Waals surface area contributed by atoms with Crippen LogP contribution in [0.4, 0.5) is 8.78 Å². The molecule has 0 radical (unpaired) electrons. The van der Waals surface area contributed by atoms with Crippen LogP contribution >= 0.6 is 0 Å². The van der Waals surface area contributed by atoms with Gasteiger partial charge in [0.2, 0.25) is 0 Å². The predicted octanol–water partition coefficient (Wildman–Crippen LogP) is 3.04. The van der Waals surface area contributed by atoms with E-state index >= 15 is 0 Å². The molecule has 0 aromatic heterocycles. The molecular formula is C16H15F2NO2. The molecule has 0 amide bonds. The number of halogens is 2. The third-order valence-corrected chi connectivity index (χ3v) is 3.49. The number of hydrogen-bond acceptors (Lipinski definition) is 3. The zero-order valence-electron chi connectivity index (χ0n) is 11.5. The first kappa shape index (κ1) is 13.8. The Morgan fingerprint density at radius 2 is 1.71 bits per heavy atom. The van der Waals surface area contributed by atoms with Crippen molar-refractivity contribution in [3.05, 3.63) is 59.2 Å². The summed E-state index contributed by atoms with van der Waals surface area (Å²) in [5, 5.41) is 3.01. The fourth-order valence-electron chi connectivity index (χ4n) is 2.55. The van der Waals surface area contributed by atoms with Crippen molar-refractivity contribution >= 4 is 0 Å². The largest absolute Gasteiger partial charge is 0.486 e. The Labute approximate surface area is 121 Å². The minimum absolute atomic E-state index is 0.236. The van der Waals surface area contributed by atoms with Gasteiger partial charge in [0.1, 0.15) is 13.2 Å². The highest BCUT2D eigenvalue weighted by atomic mass is 19.2. The van der Waals surface area contributed by atoms with Gasteiger partial charge < -0.3 is 14.8 Å². The molecule has 0 saturated heterocycles. The number of hydrogen-bond donors (Lipinski definition) is 1. The minimum Gasteiger partial charge on any atom is -0.486 e. The first-order valence-electron chi connectivity index (χ1n) is 6.72. The highest BCUT2D eigenvalue weighted by Crippen LogP contribution is 2.39. The average molecular weight is 291 g/mol. The molecule has 1 unspecified atom stereocenters. The summed E-state index contributed by atoms with van der Waals surface area (Å²) in [6, 6.07) is 9.06. The number of benzene rings is 2. The van der Waals surface area contributed by atoms with Crippen molar-refractivity contribution in [1.82, 2.24) is 5.32 Å². The van der Waals surface area contributed by atoms with Crippen LogP contribution in [0.1, 0.15) is 17.2 Å². The van der Waals surface area contributed by atoms with Crippen LogP contribution in [0.5, 0.6) is 11.5 Å². The summed E-state index contributed by atoms with van der Waals surface area (Å²) in [6.07, 6.45) is 0. The fourth-order valence-corrected chi connectivity index (χ4v) is 2.55. The van der Waals surface area contributed by atoms with Gasteiger partial charge in [0.25, 0.3) is 0 Å². The molecule has 0 spiro atoms. The maximum absolute atomic E-state index is 14.1. The lowest BCUT2D eigenvalue weighted by Gasteiger charge is -2.25. The van der Waals surface area contributed by atoms with E-state index in [1.54, 1.807) is 19.2 Å². The molecular weight excluding hydrogens is 276 g/mol. The summed E-state index contributed by atoms with van der Waals surface area (Å²) in [4.78, 5) is 0. The highest BCUT2D eigenvalue weighted by molar-refractivity contribution is 5.51. The zero-order valence-corrected chi connectivity index (χ0v) is 11.5. The van der Waals surface area contributed by atoms with E-state index in [0.29, 0.717) is 24.7 Å². The molecule has 0 bridgehead atoms. The Morgan fingerprint density at radius 1 is 1.00 bits per heavy atom. The van der Waals surface area contributed by atoms with Gasteiger partial charge >= 0.3 is 0 Å². The molecule has 5 heteroatoms. The van der Waals surface area contributed by atoms with Gasteiger partial charge in [-0.1, -0.05) is 24.3 Å². The Balaban J connectivity index is 2.11. The molecule has 2 aromatic carbocycles. The van der Waals surface area contributed by atoms with Gasteiger partial charge in [0.05, 0.1) is 6.04 Å². The molecule has 1 aliphatic rings. The molecule has 1 atom stereocenters. The van der Waals surface area contributed by atoms with Crippen molar-refractivity contribution in [3.8, 4) is 11.5 Å². The van der Waals surface area contributed by atoms with E-state index < -0.39 is 17.7 Å². The van der Waals surface area contributed by atoms with Crippen LogP contribution in [0.15, 0.2) is 36.4 Å². The number of nitrogens with one attached hydrogen (secondary N) is 1. The molecule has 1 heterocycles. The monoisotopic (exact) mass is 291 g/mol. The lowest BCUT2D eigenvalue weighted by molar-refractivity contribution is 0.169. The summed E-state index contributed by atoms with van der Waals surface area (Å²) in [6.45, 7) is 0.918. The standard InChI is InChI=1S/C16H15F2NO2/c1-19-15(10-4-2-6-12(17)14(10)18)11-5-3-7-13-16(11)21-9-8-20-13/h2-7,15,19H,8-9H2,1H3. The topological polar surface area (TPSA) is 30.5 Å². The highest BCUT2D eigenvalue weighted by Gasteiger charge is 2.25. The number of ether oxygens (including phenoxy) is 2.